The molecule has 1 N–H and O–H groups in total. The third-order valence-corrected chi connectivity index (χ3v) is 4.42. The van der Waals surface area contributed by atoms with Gasteiger partial charge in [-0.1, -0.05) is 36.4 Å². The van der Waals surface area contributed by atoms with E-state index in [4.69, 9.17) is 0 Å². The van der Waals surface area contributed by atoms with Crippen LogP contribution in [0.1, 0.15) is 18.4 Å². The number of nitrogens with zero attached hydrogens (tertiary/aromatic N) is 2. The minimum atomic E-state index is 0.161. The van der Waals surface area contributed by atoms with Crippen LogP contribution in [-0.4, -0.2) is 35.4 Å². The molecular formula is C19H23N3O. The largest absolute Gasteiger partial charge is 0.361 e. The average Bonchev–Trinajstić information content (AvgIpc) is 2.62. The van der Waals surface area contributed by atoms with Crippen molar-refractivity contribution in [1.82, 2.24) is 9.88 Å². The summed E-state index contributed by atoms with van der Waals surface area (Å²) in [5.41, 5.74) is 1.40. The SMILES string of the molecule is O=C(CNc1ccccn1)N1CCC(Cc2ccccc2)CC1. The number of piperidine rings is 1. The topological polar surface area (TPSA) is 45.2 Å². The van der Waals surface area contributed by atoms with E-state index in [1.165, 1.54) is 5.56 Å². The molecule has 0 spiro atoms. The summed E-state index contributed by atoms with van der Waals surface area (Å²) < 4.78 is 0. The summed E-state index contributed by atoms with van der Waals surface area (Å²) in [6.07, 6.45) is 5.02. The Balaban J connectivity index is 1.42. The Morgan fingerprint density at radius 3 is 2.52 bits per heavy atom. The number of carbonyl (C=O) groups is 1. The van der Waals surface area contributed by atoms with Gasteiger partial charge in [0, 0.05) is 19.3 Å². The van der Waals surface area contributed by atoms with E-state index in [0.29, 0.717) is 12.5 Å². The lowest BCUT2D eigenvalue weighted by molar-refractivity contribution is -0.130. The summed E-state index contributed by atoms with van der Waals surface area (Å²) in [5, 5.41) is 3.09. The number of aromatic nitrogens is 1. The molecule has 4 heteroatoms. The van der Waals surface area contributed by atoms with Crippen molar-refractivity contribution in [2.75, 3.05) is 25.0 Å². The van der Waals surface area contributed by atoms with Crippen LogP contribution < -0.4 is 5.32 Å². The molecule has 4 nitrogen and oxygen atoms in total. The summed E-state index contributed by atoms with van der Waals surface area (Å²) in [5.74, 6) is 1.60. The molecule has 1 aliphatic heterocycles. The third kappa shape index (κ3) is 4.55. The predicted octanol–water partition coefficient (Wildman–Crippen LogP) is 2.97. The molecular weight excluding hydrogens is 286 g/mol. The van der Waals surface area contributed by atoms with Crippen molar-refractivity contribution < 1.29 is 4.79 Å². The fourth-order valence-corrected chi connectivity index (χ4v) is 3.08. The fourth-order valence-electron chi connectivity index (χ4n) is 3.08. The summed E-state index contributed by atoms with van der Waals surface area (Å²) in [6.45, 7) is 2.04. The number of likely N-dealkylation sites (tertiary alicyclic amines) is 1. The van der Waals surface area contributed by atoms with Gasteiger partial charge in [0.2, 0.25) is 5.91 Å². The highest BCUT2D eigenvalue weighted by atomic mass is 16.2. The van der Waals surface area contributed by atoms with Crippen LogP contribution >= 0.6 is 0 Å². The first-order valence-corrected chi connectivity index (χ1v) is 8.28. The summed E-state index contributed by atoms with van der Waals surface area (Å²) >= 11 is 0. The van der Waals surface area contributed by atoms with Gasteiger partial charge < -0.3 is 10.2 Å². The van der Waals surface area contributed by atoms with Crippen LogP contribution in [0.25, 0.3) is 0 Å². The van der Waals surface area contributed by atoms with Gasteiger partial charge in [0.15, 0.2) is 0 Å². The van der Waals surface area contributed by atoms with Crippen molar-refractivity contribution in [3.8, 4) is 0 Å². The minimum Gasteiger partial charge on any atom is -0.361 e. The van der Waals surface area contributed by atoms with Gasteiger partial charge >= 0.3 is 0 Å². The van der Waals surface area contributed by atoms with E-state index in [1.54, 1.807) is 6.20 Å². The summed E-state index contributed by atoms with van der Waals surface area (Å²) in [6, 6.07) is 16.3. The summed E-state index contributed by atoms with van der Waals surface area (Å²) in [4.78, 5) is 18.4. The quantitative estimate of drug-likeness (QED) is 0.923. The molecule has 0 bridgehead atoms. The molecule has 1 fully saturated rings. The zero-order chi connectivity index (χ0) is 15.9. The van der Waals surface area contributed by atoms with Crippen molar-refractivity contribution in [2.24, 2.45) is 5.92 Å². The Labute approximate surface area is 137 Å². The van der Waals surface area contributed by atoms with Crippen molar-refractivity contribution in [3.05, 3.63) is 60.3 Å². The maximum Gasteiger partial charge on any atom is 0.241 e. The molecule has 0 saturated carbocycles. The number of benzene rings is 1. The van der Waals surface area contributed by atoms with E-state index < -0.39 is 0 Å². The number of amides is 1. The monoisotopic (exact) mass is 309 g/mol. The third-order valence-electron chi connectivity index (χ3n) is 4.42. The maximum absolute atomic E-state index is 12.3. The summed E-state index contributed by atoms with van der Waals surface area (Å²) in [7, 11) is 0. The lowest BCUT2D eigenvalue weighted by Gasteiger charge is -2.32. The lowest BCUT2D eigenvalue weighted by Crippen LogP contribution is -2.41. The van der Waals surface area contributed by atoms with Gasteiger partial charge in [-0.25, -0.2) is 4.98 Å². The zero-order valence-electron chi connectivity index (χ0n) is 13.3. The second-order valence-corrected chi connectivity index (χ2v) is 6.08. The second kappa shape index (κ2) is 7.77. The number of nitrogens with one attached hydrogen (secondary N) is 1. The van der Waals surface area contributed by atoms with Gasteiger partial charge in [0.25, 0.3) is 0 Å². The van der Waals surface area contributed by atoms with Crippen molar-refractivity contribution in [2.45, 2.75) is 19.3 Å². The van der Waals surface area contributed by atoms with Gasteiger partial charge in [-0.05, 0) is 42.9 Å². The highest BCUT2D eigenvalue weighted by Gasteiger charge is 2.22. The molecule has 1 aromatic carbocycles. The Morgan fingerprint density at radius 2 is 1.83 bits per heavy atom. The van der Waals surface area contributed by atoms with E-state index in [-0.39, 0.29) is 5.91 Å². The molecule has 0 atom stereocenters. The van der Waals surface area contributed by atoms with Crippen LogP contribution in [0.2, 0.25) is 0 Å². The predicted molar refractivity (Wildman–Crippen MR) is 92.2 cm³/mol. The van der Waals surface area contributed by atoms with E-state index in [9.17, 15) is 4.79 Å². The van der Waals surface area contributed by atoms with Gasteiger partial charge in [-0.3, -0.25) is 4.79 Å². The molecule has 2 heterocycles. The number of anilines is 1. The zero-order valence-corrected chi connectivity index (χ0v) is 13.3. The average molecular weight is 309 g/mol. The van der Waals surface area contributed by atoms with Crippen LogP contribution in [0, 0.1) is 5.92 Å². The van der Waals surface area contributed by atoms with Crippen LogP contribution in [0.3, 0.4) is 0 Å². The lowest BCUT2D eigenvalue weighted by atomic mass is 9.90. The smallest absolute Gasteiger partial charge is 0.241 e. The molecule has 120 valence electrons. The van der Waals surface area contributed by atoms with Gasteiger partial charge in [0.05, 0.1) is 6.54 Å². The first-order chi connectivity index (χ1) is 11.3. The maximum atomic E-state index is 12.3. The molecule has 1 aliphatic rings. The molecule has 1 saturated heterocycles. The normalized spacial score (nSPS) is 15.4. The van der Waals surface area contributed by atoms with Crippen LogP contribution in [0.15, 0.2) is 54.7 Å². The van der Waals surface area contributed by atoms with E-state index in [1.807, 2.05) is 23.1 Å². The van der Waals surface area contributed by atoms with E-state index >= 15 is 0 Å². The highest BCUT2D eigenvalue weighted by Crippen LogP contribution is 2.21. The van der Waals surface area contributed by atoms with E-state index in [0.717, 1.165) is 38.2 Å². The Morgan fingerprint density at radius 1 is 1.09 bits per heavy atom. The molecule has 23 heavy (non-hydrogen) atoms. The van der Waals surface area contributed by atoms with Crippen LogP contribution in [-0.2, 0) is 11.2 Å². The van der Waals surface area contributed by atoms with Gasteiger partial charge in [-0.15, -0.1) is 0 Å². The molecule has 0 unspecified atom stereocenters. The molecule has 3 rings (SSSR count). The number of hydrogen-bond donors (Lipinski definition) is 1. The first kappa shape index (κ1) is 15.5. The minimum absolute atomic E-state index is 0.161. The van der Waals surface area contributed by atoms with E-state index in [2.05, 4.69) is 40.6 Å². The molecule has 0 aliphatic carbocycles. The van der Waals surface area contributed by atoms with Crippen molar-refractivity contribution >= 4 is 11.7 Å². The number of carbonyl (C=O) groups excluding carboxylic acids is 1. The van der Waals surface area contributed by atoms with Crippen molar-refractivity contribution in [1.29, 1.82) is 0 Å². The second-order valence-electron chi connectivity index (χ2n) is 6.08. The Hall–Kier alpha value is -2.36. The van der Waals surface area contributed by atoms with Gasteiger partial charge in [0.1, 0.15) is 5.82 Å². The molecule has 1 amide bonds. The molecule has 1 aromatic heterocycles. The van der Waals surface area contributed by atoms with Gasteiger partial charge in [-0.2, -0.15) is 0 Å². The molecule has 2 aromatic rings. The fraction of sp³-hybridized carbons (Fsp3) is 0.368. The van der Waals surface area contributed by atoms with Crippen LogP contribution in [0.5, 0.6) is 0 Å². The highest BCUT2D eigenvalue weighted by molar-refractivity contribution is 5.80. The van der Waals surface area contributed by atoms with Crippen LogP contribution in [0.4, 0.5) is 5.82 Å². The Bertz CT molecular complexity index is 607. The Kier molecular flexibility index (Phi) is 5.25. The first-order valence-electron chi connectivity index (χ1n) is 8.28. The molecule has 0 radical (unpaired) electrons. The van der Waals surface area contributed by atoms with Crippen molar-refractivity contribution in [3.63, 3.8) is 0 Å². The number of pyridine rings is 1. The number of rotatable bonds is 5. The standard InChI is InChI=1S/C19H23N3O/c23-19(15-21-18-8-4-5-11-20-18)22-12-9-17(10-13-22)14-16-6-2-1-3-7-16/h1-8,11,17H,9-10,12-15H2,(H,20,21). The number of hydrogen-bond acceptors (Lipinski definition) is 3.